The molecule has 0 amide bonds. The summed E-state index contributed by atoms with van der Waals surface area (Å²) in [5.74, 6) is 1.43. The molecule has 0 saturated heterocycles. The molecule has 1 heterocycles. The topological polar surface area (TPSA) is 57.4 Å². The summed E-state index contributed by atoms with van der Waals surface area (Å²) < 4.78 is 14.8. The van der Waals surface area contributed by atoms with Crippen LogP contribution in [0.2, 0.25) is 0 Å². The van der Waals surface area contributed by atoms with Crippen molar-refractivity contribution in [3.05, 3.63) is 58.0 Å². The van der Waals surface area contributed by atoms with E-state index in [1.54, 1.807) is 30.3 Å². The Morgan fingerprint density at radius 1 is 0.963 bits per heavy atom. The van der Waals surface area contributed by atoms with E-state index in [4.69, 9.17) is 9.47 Å². The Hall–Kier alpha value is -2.73. The van der Waals surface area contributed by atoms with Crippen molar-refractivity contribution in [2.24, 2.45) is 14.1 Å². The Morgan fingerprint density at radius 3 is 2.44 bits per heavy atom. The van der Waals surface area contributed by atoms with E-state index in [0.717, 1.165) is 47.4 Å². The first-order valence-electron chi connectivity index (χ1n) is 9.20. The van der Waals surface area contributed by atoms with E-state index < -0.39 is 0 Å². The zero-order valence-electron chi connectivity index (χ0n) is 16.4. The first kappa shape index (κ1) is 19.0. The lowest BCUT2D eigenvalue weighted by Crippen LogP contribution is -2.19. The standard InChI is InChI=1S/C21H27N3O3/c1-5-10-22-13-15-7-9-19(20(12-15)26-4)27-14-16-6-8-17-18(11-16)24(3)21(25)23(17)2/h6-9,11-12,22H,5,10,13-14H2,1-4H3. The number of rotatable bonds is 8. The number of fused-ring (bicyclic) bond motifs is 1. The molecular weight excluding hydrogens is 342 g/mol. The van der Waals surface area contributed by atoms with Gasteiger partial charge in [0.2, 0.25) is 0 Å². The highest BCUT2D eigenvalue weighted by atomic mass is 16.5. The van der Waals surface area contributed by atoms with Crippen LogP contribution in [0.25, 0.3) is 11.0 Å². The van der Waals surface area contributed by atoms with Crippen molar-refractivity contribution >= 4 is 11.0 Å². The molecule has 0 saturated carbocycles. The van der Waals surface area contributed by atoms with Crippen LogP contribution >= 0.6 is 0 Å². The second kappa shape index (κ2) is 8.31. The highest BCUT2D eigenvalue weighted by Gasteiger charge is 2.10. The van der Waals surface area contributed by atoms with Crippen LogP contribution in [0.1, 0.15) is 24.5 Å². The van der Waals surface area contributed by atoms with Gasteiger partial charge < -0.3 is 14.8 Å². The number of methoxy groups -OCH3 is 1. The Balaban J connectivity index is 1.75. The molecule has 27 heavy (non-hydrogen) atoms. The van der Waals surface area contributed by atoms with Crippen LogP contribution < -0.4 is 20.5 Å². The molecule has 0 radical (unpaired) electrons. The molecule has 0 aliphatic rings. The van der Waals surface area contributed by atoms with Gasteiger partial charge in [-0.2, -0.15) is 0 Å². The van der Waals surface area contributed by atoms with Crippen LogP contribution in [0.5, 0.6) is 11.5 Å². The van der Waals surface area contributed by atoms with Gasteiger partial charge in [0.05, 0.1) is 18.1 Å². The minimum Gasteiger partial charge on any atom is -0.493 e. The number of imidazole rings is 1. The third-order valence-corrected chi connectivity index (χ3v) is 4.71. The van der Waals surface area contributed by atoms with Gasteiger partial charge in [0.15, 0.2) is 11.5 Å². The SMILES string of the molecule is CCCNCc1ccc(OCc2ccc3c(c2)n(C)c(=O)n3C)c(OC)c1. The Labute approximate surface area is 159 Å². The van der Waals surface area contributed by atoms with Gasteiger partial charge in [-0.3, -0.25) is 9.13 Å². The molecule has 1 N–H and O–H groups in total. The number of aryl methyl sites for hydroxylation is 2. The maximum Gasteiger partial charge on any atom is 0.328 e. The minimum absolute atomic E-state index is 0.0305. The molecule has 6 nitrogen and oxygen atoms in total. The molecule has 0 fully saturated rings. The first-order chi connectivity index (χ1) is 13.0. The van der Waals surface area contributed by atoms with E-state index in [1.165, 1.54) is 0 Å². The summed E-state index contributed by atoms with van der Waals surface area (Å²) in [5.41, 5.74) is 3.94. The van der Waals surface area contributed by atoms with Gasteiger partial charge in [-0.05, 0) is 48.4 Å². The largest absolute Gasteiger partial charge is 0.493 e. The fraction of sp³-hybridized carbons (Fsp3) is 0.381. The summed E-state index contributed by atoms with van der Waals surface area (Å²) in [7, 11) is 5.21. The maximum absolute atomic E-state index is 12.1. The van der Waals surface area contributed by atoms with E-state index >= 15 is 0 Å². The Kier molecular flexibility index (Phi) is 5.86. The fourth-order valence-corrected chi connectivity index (χ4v) is 3.15. The lowest BCUT2D eigenvalue weighted by Gasteiger charge is -2.13. The third-order valence-electron chi connectivity index (χ3n) is 4.71. The molecule has 2 aromatic carbocycles. The average molecular weight is 369 g/mol. The van der Waals surface area contributed by atoms with Crippen LogP contribution in [0, 0.1) is 0 Å². The molecule has 0 aliphatic carbocycles. The van der Waals surface area contributed by atoms with E-state index in [0.29, 0.717) is 12.4 Å². The van der Waals surface area contributed by atoms with Crippen molar-refractivity contribution in [1.29, 1.82) is 0 Å². The lowest BCUT2D eigenvalue weighted by atomic mass is 10.2. The van der Waals surface area contributed by atoms with Gasteiger partial charge in [0, 0.05) is 20.6 Å². The zero-order chi connectivity index (χ0) is 19.4. The molecule has 3 aromatic rings. The number of benzene rings is 2. The van der Waals surface area contributed by atoms with Crippen LogP contribution in [0.15, 0.2) is 41.2 Å². The highest BCUT2D eigenvalue weighted by Crippen LogP contribution is 2.29. The van der Waals surface area contributed by atoms with E-state index in [2.05, 4.69) is 12.2 Å². The number of nitrogens with zero attached hydrogens (tertiary/aromatic N) is 2. The number of aromatic nitrogens is 2. The van der Waals surface area contributed by atoms with Crippen LogP contribution in [-0.2, 0) is 27.2 Å². The third kappa shape index (κ3) is 4.01. The molecule has 0 atom stereocenters. The average Bonchev–Trinajstić information content (AvgIpc) is 2.91. The van der Waals surface area contributed by atoms with Gasteiger partial charge in [-0.25, -0.2) is 4.79 Å². The van der Waals surface area contributed by atoms with E-state index in [9.17, 15) is 4.79 Å². The fourth-order valence-electron chi connectivity index (χ4n) is 3.15. The quantitative estimate of drug-likeness (QED) is 0.620. The molecule has 1 aromatic heterocycles. The summed E-state index contributed by atoms with van der Waals surface area (Å²) in [6, 6.07) is 11.9. The molecule has 0 bridgehead atoms. The van der Waals surface area contributed by atoms with Crippen molar-refractivity contribution in [1.82, 2.24) is 14.5 Å². The molecule has 3 rings (SSSR count). The number of hydrogen-bond acceptors (Lipinski definition) is 4. The van der Waals surface area contributed by atoms with E-state index in [1.807, 2.05) is 36.4 Å². The smallest absolute Gasteiger partial charge is 0.328 e. The second-order valence-corrected chi connectivity index (χ2v) is 6.67. The van der Waals surface area contributed by atoms with Gasteiger partial charge in [0.25, 0.3) is 0 Å². The second-order valence-electron chi connectivity index (χ2n) is 6.67. The number of hydrogen-bond donors (Lipinski definition) is 1. The molecule has 6 heteroatoms. The molecule has 0 unspecified atom stereocenters. The summed E-state index contributed by atoms with van der Waals surface area (Å²) >= 11 is 0. The van der Waals surface area contributed by atoms with E-state index in [-0.39, 0.29) is 5.69 Å². The zero-order valence-corrected chi connectivity index (χ0v) is 16.4. The maximum atomic E-state index is 12.1. The Bertz CT molecular complexity index is 988. The number of nitrogens with one attached hydrogen (secondary N) is 1. The van der Waals surface area contributed by atoms with Crippen molar-refractivity contribution in [2.45, 2.75) is 26.5 Å². The van der Waals surface area contributed by atoms with Crippen molar-refractivity contribution < 1.29 is 9.47 Å². The predicted molar refractivity (Wildman–Crippen MR) is 107 cm³/mol. The summed E-state index contributed by atoms with van der Waals surface area (Å²) in [6.45, 7) is 4.35. The normalized spacial score (nSPS) is 11.1. The van der Waals surface area contributed by atoms with Gasteiger partial charge in [0.1, 0.15) is 6.61 Å². The predicted octanol–water partition coefficient (Wildman–Crippen LogP) is 2.96. The van der Waals surface area contributed by atoms with Gasteiger partial charge in [-0.1, -0.05) is 19.1 Å². The van der Waals surface area contributed by atoms with Crippen LogP contribution in [0.3, 0.4) is 0 Å². The first-order valence-corrected chi connectivity index (χ1v) is 9.20. The molecule has 0 spiro atoms. The molecule has 144 valence electrons. The van der Waals surface area contributed by atoms with Crippen molar-refractivity contribution in [3.8, 4) is 11.5 Å². The van der Waals surface area contributed by atoms with Crippen molar-refractivity contribution in [2.75, 3.05) is 13.7 Å². The lowest BCUT2D eigenvalue weighted by molar-refractivity contribution is 0.284. The summed E-state index contributed by atoms with van der Waals surface area (Å²) in [6.07, 6.45) is 1.11. The minimum atomic E-state index is -0.0305. The highest BCUT2D eigenvalue weighted by molar-refractivity contribution is 5.76. The van der Waals surface area contributed by atoms with Crippen LogP contribution in [0.4, 0.5) is 0 Å². The van der Waals surface area contributed by atoms with Gasteiger partial charge in [-0.15, -0.1) is 0 Å². The number of ether oxygens (including phenoxy) is 2. The van der Waals surface area contributed by atoms with Crippen molar-refractivity contribution in [3.63, 3.8) is 0 Å². The monoisotopic (exact) mass is 369 g/mol. The molecule has 0 aliphatic heterocycles. The molecular formula is C21H27N3O3. The van der Waals surface area contributed by atoms with Crippen LogP contribution in [-0.4, -0.2) is 22.8 Å². The summed E-state index contributed by atoms with van der Waals surface area (Å²) in [4.78, 5) is 12.1. The van der Waals surface area contributed by atoms with Gasteiger partial charge >= 0.3 is 5.69 Å². The Morgan fingerprint density at radius 2 is 1.70 bits per heavy atom. The summed E-state index contributed by atoms with van der Waals surface area (Å²) in [5, 5.41) is 3.38.